The summed E-state index contributed by atoms with van der Waals surface area (Å²) in [6.07, 6.45) is 4.28. The summed E-state index contributed by atoms with van der Waals surface area (Å²) in [4.78, 5) is 27.7. The third kappa shape index (κ3) is 4.55. The molecule has 0 saturated carbocycles. The number of aryl methyl sites for hydroxylation is 2. The Morgan fingerprint density at radius 3 is 2.71 bits per heavy atom. The monoisotopic (exact) mass is 331 g/mol. The van der Waals surface area contributed by atoms with Crippen molar-refractivity contribution in [2.24, 2.45) is 0 Å². The summed E-state index contributed by atoms with van der Waals surface area (Å²) in [7, 11) is 1.50. The molecule has 0 aliphatic rings. The second-order valence-electron chi connectivity index (χ2n) is 5.23. The van der Waals surface area contributed by atoms with Crippen molar-refractivity contribution in [1.29, 1.82) is 0 Å². The quantitative estimate of drug-likeness (QED) is 0.777. The minimum atomic E-state index is -0.749. The van der Waals surface area contributed by atoms with E-state index in [0.29, 0.717) is 11.6 Å². The van der Waals surface area contributed by atoms with Gasteiger partial charge in [-0.05, 0) is 19.4 Å². The summed E-state index contributed by atoms with van der Waals surface area (Å²) in [5.41, 5.74) is 2.14. The Kier molecular flexibility index (Phi) is 5.89. The highest BCUT2D eigenvalue weighted by atomic mass is 16.5. The van der Waals surface area contributed by atoms with E-state index in [2.05, 4.69) is 27.6 Å². The first-order valence-electron chi connectivity index (χ1n) is 7.65. The fraction of sp³-hybridized carbons (Fsp3) is 0.375. The molecule has 0 fully saturated rings. The number of amides is 2. The number of nitrogens with one attached hydrogen (secondary N) is 2. The molecule has 2 N–H and O–H groups in total. The molecule has 2 amide bonds. The number of carbonyl (C=O) groups is 2. The zero-order valence-corrected chi connectivity index (χ0v) is 14.0. The first kappa shape index (κ1) is 17.5. The van der Waals surface area contributed by atoms with Gasteiger partial charge >= 0.3 is 11.8 Å². The van der Waals surface area contributed by atoms with Crippen molar-refractivity contribution in [1.82, 2.24) is 20.1 Å². The predicted molar refractivity (Wildman–Crippen MR) is 88.5 cm³/mol. The lowest BCUT2D eigenvalue weighted by Crippen LogP contribution is -2.35. The van der Waals surface area contributed by atoms with Crippen molar-refractivity contribution < 1.29 is 14.3 Å². The highest BCUT2D eigenvalue weighted by Gasteiger charge is 2.15. The minimum Gasteiger partial charge on any atom is -0.481 e. The highest BCUT2D eigenvalue weighted by Crippen LogP contribution is 2.11. The van der Waals surface area contributed by atoms with Gasteiger partial charge in [-0.25, -0.2) is 4.98 Å². The van der Waals surface area contributed by atoms with Crippen molar-refractivity contribution in [3.05, 3.63) is 35.8 Å². The summed E-state index contributed by atoms with van der Waals surface area (Å²) >= 11 is 0. The van der Waals surface area contributed by atoms with E-state index in [4.69, 9.17) is 4.74 Å². The van der Waals surface area contributed by atoms with Crippen molar-refractivity contribution >= 4 is 17.5 Å². The number of aromatic nitrogens is 3. The average Bonchev–Trinajstić information content (AvgIpc) is 2.93. The molecule has 0 aliphatic carbocycles. The van der Waals surface area contributed by atoms with E-state index in [9.17, 15) is 9.59 Å². The Morgan fingerprint density at radius 2 is 2.08 bits per heavy atom. The van der Waals surface area contributed by atoms with Gasteiger partial charge < -0.3 is 15.4 Å². The van der Waals surface area contributed by atoms with Crippen LogP contribution in [-0.4, -0.2) is 33.7 Å². The number of hydrogen-bond acceptors (Lipinski definition) is 5. The lowest BCUT2D eigenvalue weighted by atomic mass is 10.2. The molecule has 0 saturated heterocycles. The van der Waals surface area contributed by atoms with Gasteiger partial charge in [0.1, 0.15) is 0 Å². The van der Waals surface area contributed by atoms with E-state index in [1.54, 1.807) is 12.1 Å². The van der Waals surface area contributed by atoms with Crippen LogP contribution in [0.3, 0.4) is 0 Å². The maximum atomic E-state index is 11.9. The molecule has 0 aliphatic heterocycles. The third-order valence-corrected chi connectivity index (χ3v) is 3.35. The van der Waals surface area contributed by atoms with E-state index < -0.39 is 11.8 Å². The van der Waals surface area contributed by atoms with Gasteiger partial charge in [-0.3, -0.25) is 14.3 Å². The Balaban J connectivity index is 1.88. The average molecular weight is 331 g/mol. The van der Waals surface area contributed by atoms with Gasteiger partial charge in [-0.15, -0.1) is 0 Å². The molecule has 0 unspecified atom stereocenters. The third-order valence-electron chi connectivity index (χ3n) is 3.35. The SMILES string of the molecule is CCCn1cc(CNC(=O)C(=O)Nc2ccc(OC)nc2)c(C)n1. The number of rotatable bonds is 6. The molecule has 2 aromatic rings. The van der Waals surface area contributed by atoms with Crippen LogP contribution in [-0.2, 0) is 22.7 Å². The zero-order valence-electron chi connectivity index (χ0n) is 14.0. The van der Waals surface area contributed by atoms with Crippen molar-refractivity contribution in [3.63, 3.8) is 0 Å². The van der Waals surface area contributed by atoms with Crippen molar-refractivity contribution in [2.45, 2.75) is 33.4 Å². The van der Waals surface area contributed by atoms with E-state index in [1.807, 2.05) is 17.8 Å². The number of pyridine rings is 1. The molecule has 128 valence electrons. The zero-order chi connectivity index (χ0) is 17.5. The lowest BCUT2D eigenvalue weighted by molar-refractivity contribution is -0.136. The number of hydrogen-bond donors (Lipinski definition) is 2. The molecule has 0 atom stereocenters. The van der Waals surface area contributed by atoms with Crippen LogP contribution < -0.4 is 15.4 Å². The number of methoxy groups -OCH3 is 1. The van der Waals surface area contributed by atoms with Gasteiger partial charge in [0.15, 0.2) is 0 Å². The van der Waals surface area contributed by atoms with Crippen molar-refractivity contribution in [3.8, 4) is 5.88 Å². The number of carbonyl (C=O) groups excluding carboxylic acids is 2. The van der Waals surface area contributed by atoms with Gasteiger partial charge in [0, 0.05) is 30.9 Å². The molecule has 24 heavy (non-hydrogen) atoms. The van der Waals surface area contributed by atoms with Crippen LogP contribution in [0.25, 0.3) is 0 Å². The number of nitrogens with zero attached hydrogens (tertiary/aromatic N) is 3. The molecule has 0 bridgehead atoms. The first-order chi connectivity index (χ1) is 11.5. The molecule has 8 heteroatoms. The normalized spacial score (nSPS) is 10.3. The smallest absolute Gasteiger partial charge is 0.313 e. The first-order valence-corrected chi connectivity index (χ1v) is 7.65. The fourth-order valence-corrected chi connectivity index (χ4v) is 2.09. The van der Waals surface area contributed by atoms with Crippen molar-refractivity contribution in [2.75, 3.05) is 12.4 Å². The molecular weight excluding hydrogens is 310 g/mol. The fourth-order valence-electron chi connectivity index (χ4n) is 2.09. The maximum Gasteiger partial charge on any atom is 0.313 e. The second kappa shape index (κ2) is 8.09. The van der Waals surface area contributed by atoms with Crippen LogP contribution in [0.4, 0.5) is 5.69 Å². The van der Waals surface area contributed by atoms with Gasteiger partial charge in [0.2, 0.25) is 5.88 Å². The summed E-state index contributed by atoms with van der Waals surface area (Å²) in [5.74, 6) is -1.04. The Bertz CT molecular complexity index is 709. The lowest BCUT2D eigenvalue weighted by Gasteiger charge is -2.06. The van der Waals surface area contributed by atoms with E-state index in [-0.39, 0.29) is 6.54 Å². The van der Waals surface area contributed by atoms with E-state index in [1.165, 1.54) is 13.3 Å². The highest BCUT2D eigenvalue weighted by molar-refractivity contribution is 6.39. The molecule has 2 heterocycles. The molecule has 2 rings (SSSR count). The van der Waals surface area contributed by atoms with Gasteiger partial charge in [-0.2, -0.15) is 5.10 Å². The van der Waals surface area contributed by atoms with Crippen LogP contribution in [0, 0.1) is 6.92 Å². The Labute approximate surface area is 140 Å². The van der Waals surface area contributed by atoms with Crippen LogP contribution in [0.15, 0.2) is 24.5 Å². The summed E-state index contributed by atoms with van der Waals surface area (Å²) in [6.45, 7) is 5.01. The molecule has 8 nitrogen and oxygen atoms in total. The standard InChI is InChI=1S/C16H21N5O3/c1-4-7-21-10-12(11(2)20-21)8-18-15(22)16(23)19-13-5-6-14(24-3)17-9-13/h5-6,9-10H,4,7-8H2,1-3H3,(H,18,22)(H,19,23). The summed E-state index contributed by atoms with van der Waals surface area (Å²) < 4.78 is 6.76. The Hall–Kier alpha value is -2.90. The maximum absolute atomic E-state index is 11.9. The van der Waals surface area contributed by atoms with Crippen LogP contribution in [0.2, 0.25) is 0 Å². The van der Waals surface area contributed by atoms with Gasteiger partial charge in [-0.1, -0.05) is 6.92 Å². The van der Waals surface area contributed by atoms with Gasteiger partial charge in [0.25, 0.3) is 0 Å². The van der Waals surface area contributed by atoms with Gasteiger partial charge in [0.05, 0.1) is 24.7 Å². The molecular formula is C16H21N5O3. The molecule has 2 aromatic heterocycles. The van der Waals surface area contributed by atoms with E-state index in [0.717, 1.165) is 24.2 Å². The number of ether oxygens (including phenoxy) is 1. The minimum absolute atomic E-state index is 0.253. The van der Waals surface area contributed by atoms with Crippen LogP contribution in [0.1, 0.15) is 24.6 Å². The summed E-state index contributed by atoms with van der Waals surface area (Å²) in [6, 6.07) is 3.20. The Morgan fingerprint density at radius 1 is 1.29 bits per heavy atom. The molecule has 0 spiro atoms. The van der Waals surface area contributed by atoms with Crippen LogP contribution in [0.5, 0.6) is 5.88 Å². The predicted octanol–water partition coefficient (Wildman–Crippen LogP) is 1.26. The topological polar surface area (TPSA) is 98.1 Å². The molecule has 0 aromatic carbocycles. The van der Waals surface area contributed by atoms with E-state index >= 15 is 0 Å². The number of anilines is 1. The molecule has 0 radical (unpaired) electrons. The largest absolute Gasteiger partial charge is 0.481 e. The summed E-state index contributed by atoms with van der Waals surface area (Å²) in [5, 5.41) is 9.42. The van der Waals surface area contributed by atoms with Crippen LogP contribution >= 0.6 is 0 Å². The second-order valence-corrected chi connectivity index (χ2v) is 5.23.